The van der Waals surface area contributed by atoms with Crippen LogP contribution in [0.15, 0.2) is 36.8 Å². The molecule has 1 saturated carbocycles. The van der Waals surface area contributed by atoms with Crippen molar-refractivity contribution in [2.75, 3.05) is 6.61 Å². The van der Waals surface area contributed by atoms with Gasteiger partial charge in [0.05, 0.1) is 17.9 Å². The highest BCUT2D eigenvalue weighted by Gasteiger charge is 2.40. The van der Waals surface area contributed by atoms with Gasteiger partial charge in [-0.3, -0.25) is 9.97 Å². The van der Waals surface area contributed by atoms with Crippen LogP contribution >= 0.6 is 0 Å². The minimum absolute atomic E-state index is 0.445. The van der Waals surface area contributed by atoms with E-state index in [9.17, 15) is 5.11 Å². The van der Waals surface area contributed by atoms with Gasteiger partial charge in [0.25, 0.3) is 0 Å². The molecule has 0 bridgehead atoms. The first-order valence-electron chi connectivity index (χ1n) is 10.3. The maximum Gasteiger partial charge on any atom is 0.224 e. The Bertz CT molecular complexity index is 1060. The van der Waals surface area contributed by atoms with Crippen LogP contribution in [0, 0.1) is 26.7 Å². The Kier molecular flexibility index (Phi) is 5.28. The highest BCUT2D eigenvalue weighted by atomic mass is 16.5. The first-order chi connectivity index (χ1) is 14.2. The summed E-state index contributed by atoms with van der Waals surface area (Å²) in [6.45, 7) is 9.96. The molecule has 0 spiro atoms. The van der Waals surface area contributed by atoms with Gasteiger partial charge >= 0.3 is 0 Å². The number of rotatable bonds is 6. The number of hydrogen-bond donors (Lipinski definition) is 1. The SMILES string of the molecule is Cc1ccc(C2CC2COc2nc(C)ncc2-c2cnc(C(C)(C)O)cc2C)nc1. The quantitative estimate of drug-likeness (QED) is 0.661. The monoisotopic (exact) mass is 404 g/mol. The third-order valence-corrected chi connectivity index (χ3v) is 5.57. The summed E-state index contributed by atoms with van der Waals surface area (Å²) < 4.78 is 6.17. The third kappa shape index (κ3) is 4.33. The summed E-state index contributed by atoms with van der Waals surface area (Å²) in [5.41, 5.74) is 4.67. The van der Waals surface area contributed by atoms with Crippen LogP contribution in [0.25, 0.3) is 11.1 Å². The first kappa shape index (κ1) is 20.4. The summed E-state index contributed by atoms with van der Waals surface area (Å²) in [5.74, 6) is 2.14. The maximum absolute atomic E-state index is 10.2. The molecule has 2 atom stereocenters. The lowest BCUT2D eigenvalue weighted by Gasteiger charge is -2.18. The first-order valence-corrected chi connectivity index (χ1v) is 10.3. The molecule has 0 aromatic carbocycles. The van der Waals surface area contributed by atoms with E-state index < -0.39 is 5.60 Å². The molecule has 3 aromatic rings. The largest absolute Gasteiger partial charge is 0.477 e. The van der Waals surface area contributed by atoms with Crippen molar-refractivity contribution in [3.63, 3.8) is 0 Å². The van der Waals surface area contributed by atoms with Gasteiger partial charge in [0.1, 0.15) is 11.4 Å². The van der Waals surface area contributed by atoms with Gasteiger partial charge in [-0.05, 0) is 64.3 Å². The Hall–Kier alpha value is -2.86. The molecule has 0 radical (unpaired) electrons. The van der Waals surface area contributed by atoms with Gasteiger partial charge < -0.3 is 9.84 Å². The van der Waals surface area contributed by atoms with E-state index in [1.807, 2.05) is 33.0 Å². The summed E-state index contributed by atoms with van der Waals surface area (Å²) in [6, 6.07) is 6.12. The van der Waals surface area contributed by atoms with Gasteiger partial charge in [0, 0.05) is 41.7 Å². The van der Waals surface area contributed by atoms with Crippen LogP contribution in [0.1, 0.15) is 54.5 Å². The van der Waals surface area contributed by atoms with Crippen molar-refractivity contribution < 1.29 is 9.84 Å². The fraction of sp³-hybridized carbons (Fsp3) is 0.417. The van der Waals surface area contributed by atoms with Crippen molar-refractivity contribution in [1.29, 1.82) is 0 Å². The minimum atomic E-state index is -0.989. The van der Waals surface area contributed by atoms with Crippen LogP contribution in [0.5, 0.6) is 5.88 Å². The van der Waals surface area contributed by atoms with E-state index >= 15 is 0 Å². The molecular weight excluding hydrogens is 376 g/mol. The Balaban J connectivity index is 1.53. The van der Waals surface area contributed by atoms with E-state index in [4.69, 9.17) is 4.74 Å². The van der Waals surface area contributed by atoms with E-state index in [0.717, 1.165) is 28.8 Å². The maximum atomic E-state index is 10.2. The molecule has 3 heterocycles. The van der Waals surface area contributed by atoms with Gasteiger partial charge in [-0.25, -0.2) is 4.98 Å². The van der Waals surface area contributed by atoms with Crippen LogP contribution in [0.3, 0.4) is 0 Å². The zero-order chi connectivity index (χ0) is 21.5. The molecule has 0 amide bonds. The molecule has 1 fully saturated rings. The van der Waals surface area contributed by atoms with Crippen molar-refractivity contribution >= 4 is 0 Å². The van der Waals surface area contributed by atoms with E-state index in [0.29, 0.717) is 35.8 Å². The number of aryl methyl sites for hydroxylation is 3. The predicted molar refractivity (Wildman–Crippen MR) is 115 cm³/mol. The Labute approximate surface area is 177 Å². The number of nitrogens with zero attached hydrogens (tertiary/aromatic N) is 4. The van der Waals surface area contributed by atoms with E-state index in [-0.39, 0.29) is 0 Å². The highest BCUT2D eigenvalue weighted by Crippen LogP contribution is 2.47. The number of aromatic nitrogens is 4. The van der Waals surface area contributed by atoms with Gasteiger partial charge in [0.2, 0.25) is 5.88 Å². The average Bonchev–Trinajstić information content (AvgIpc) is 3.46. The molecule has 1 N–H and O–H groups in total. The van der Waals surface area contributed by atoms with Gasteiger partial charge in [-0.2, -0.15) is 4.98 Å². The molecule has 6 nitrogen and oxygen atoms in total. The minimum Gasteiger partial charge on any atom is -0.477 e. The average molecular weight is 405 g/mol. The molecule has 4 rings (SSSR count). The summed E-state index contributed by atoms with van der Waals surface area (Å²) in [5, 5.41) is 10.2. The summed E-state index contributed by atoms with van der Waals surface area (Å²) in [4.78, 5) is 17.9. The topological polar surface area (TPSA) is 81.0 Å². The van der Waals surface area contributed by atoms with Crippen LogP contribution in [0.2, 0.25) is 0 Å². The lowest BCUT2D eigenvalue weighted by molar-refractivity contribution is 0.0738. The summed E-state index contributed by atoms with van der Waals surface area (Å²) in [6.07, 6.45) is 6.55. The second-order valence-corrected chi connectivity index (χ2v) is 8.75. The molecule has 1 aliphatic rings. The fourth-order valence-corrected chi connectivity index (χ4v) is 3.60. The van der Waals surface area contributed by atoms with Gasteiger partial charge in [-0.15, -0.1) is 0 Å². The van der Waals surface area contributed by atoms with Crippen LogP contribution in [-0.4, -0.2) is 31.6 Å². The van der Waals surface area contributed by atoms with Gasteiger partial charge in [-0.1, -0.05) is 6.07 Å². The molecular formula is C24H28N4O2. The number of ether oxygens (including phenoxy) is 1. The molecule has 156 valence electrons. The van der Waals surface area contributed by atoms with E-state index in [2.05, 4.69) is 32.1 Å². The van der Waals surface area contributed by atoms with Crippen molar-refractivity contribution in [3.05, 3.63) is 65.1 Å². The molecule has 2 unspecified atom stereocenters. The Morgan fingerprint density at radius 2 is 1.80 bits per heavy atom. The second kappa shape index (κ2) is 7.76. The van der Waals surface area contributed by atoms with Gasteiger partial charge in [0.15, 0.2) is 0 Å². The third-order valence-electron chi connectivity index (χ3n) is 5.57. The summed E-state index contributed by atoms with van der Waals surface area (Å²) >= 11 is 0. The lowest BCUT2D eigenvalue weighted by atomic mass is 9.99. The number of pyridine rings is 2. The molecule has 3 aromatic heterocycles. The molecule has 30 heavy (non-hydrogen) atoms. The second-order valence-electron chi connectivity index (χ2n) is 8.75. The smallest absolute Gasteiger partial charge is 0.224 e. The number of aliphatic hydroxyl groups is 1. The zero-order valence-electron chi connectivity index (χ0n) is 18.2. The lowest BCUT2D eigenvalue weighted by Crippen LogP contribution is -2.17. The van der Waals surface area contributed by atoms with Crippen LogP contribution in [0.4, 0.5) is 0 Å². The standard InChI is InChI=1S/C24H28N4O2/c1-14-6-7-21(26-10-14)18-9-17(18)13-30-23-20(12-25-16(3)28-23)19-11-27-22(8-15(19)2)24(4,5)29/h6-8,10-12,17-18,29H,9,13H2,1-5H3. The number of hydrogen-bond acceptors (Lipinski definition) is 6. The van der Waals surface area contributed by atoms with Crippen molar-refractivity contribution in [2.45, 2.75) is 52.6 Å². The van der Waals surface area contributed by atoms with Crippen molar-refractivity contribution in [2.24, 2.45) is 5.92 Å². The Morgan fingerprint density at radius 1 is 1.03 bits per heavy atom. The molecule has 0 saturated heterocycles. The molecule has 0 aliphatic heterocycles. The normalized spacial score (nSPS) is 18.3. The van der Waals surface area contributed by atoms with Crippen LogP contribution in [-0.2, 0) is 5.60 Å². The van der Waals surface area contributed by atoms with Crippen molar-refractivity contribution in [3.8, 4) is 17.0 Å². The predicted octanol–water partition coefficient (Wildman–Crippen LogP) is 4.27. The summed E-state index contributed by atoms with van der Waals surface area (Å²) in [7, 11) is 0. The zero-order valence-corrected chi connectivity index (χ0v) is 18.2. The van der Waals surface area contributed by atoms with Crippen LogP contribution < -0.4 is 4.74 Å². The van der Waals surface area contributed by atoms with E-state index in [1.165, 1.54) is 5.56 Å². The Morgan fingerprint density at radius 3 is 2.47 bits per heavy atom. The molecule has 1 aliphatic carbocycles. The van der Waals surface area contributed by atoms with Crippen molar-refractivity contribution in [1.82, 2.24) is 19.9 Å². The fourth-order valence-electron chi connectivity index (χ4n) is 3.60. The highest BCUT2D eigenvalue weighted by molar-refractivity contribution is 5.70. The molecule has 6 heteroatoms. The van der Waals surface area contributed by atoms with E-state index in [1.54, 1.807) is 26.2 Å².